The number of hydrogen-bond donors (Lipinski definition) is 1. The molecule has 2 rings (SSSR count). The van der Waals surface area contributed by atoms with Crippen LogP contribution in [0.3, 0.4) is 0 Å². The lowest BCUT2D eigenvalue weighted by molar-refractivity contribution is -0.384. The lowest BCUT2D eigenvalue weighted by Crippen LogP contribution is -2.20. The Hall–Kier alpha value is -2.77. The summed E-state index contributed by atoms with van der Waals surface area (Å²) in [5, 5.41) is 13.8. The third-order valence-corrected chi connectivity index (χ3v) is 2.70. The SMILES string of the molecule is CNc1ncc([N+](=O)[O-])c(N(C)Cc2ccncc2)n1. The molecule has 8 nitrogen and oxygen atoms in total. The Morgan fingerprint density at radius 1 is 1.40 bits per heavy atom. The molecule has 1 N–H and O–H groups in total. The minimum absolute atomic E-state index is 0.124. The van der Waals surface area contributed by atoms with E-state index >= 15 is 0 Å². The van der Waals surface area contributed by atoms with E-state index in [0.717, 1.165) is 5.56 Å². The van der Waals surface area contributed by atoms with Crippen LogP contribution < -0.4 is 10.2 Å². The molecule has 0 aliphatic carbocycles. The van der Waals surface area contributed by atoms with Crippen molar-refractivity contribution in [1.82, 2.24) is 15.0 Å². The zero-order valence-electron chi connectivity index (χ0n) is 11.1. The number of anilines is 2. The van der Waals surface area contributed by atoms with E-state index < -0.39 is 4.92 Å². The summed E-state index contributed by atoms with van der Waals surface area (Å²) in [5.41, 5.74) is 0.863. The van der Waals surface area contributed by atoms with Gasteiger partial charge in [0.25, 0.3) is 0 Å². The fraction of sp³-hybridized carbons (Fsp3) is 0.250. The molecule has 20 heavy (non-hydrogen) atoms. The van der Waals surface area contributed by atoms with E-state index in [9.17, 15) is 10.1 Å². The third kappa shape index (κ3) is 2.97. The predicted octanol–water partition coefficient (Wildman–Crippen LogP) is 1.46. The number of hydrogen-bond acceptors (Lipinski definition) is 7. The number of nitrogens with one attached hydrogen (secondary N) is 1. The van der Waals surface area contributed by atoms with Gasteiger partial charge in [0, 0.05) is 33.0 Å². The molecule has 104 valence electrons. The van der Waals surface area contributed by atoms with Crippen molar-refractivity contribution in [2.24, 2.45) is 0 Å². The van der Waals surface area contributed by atoms with Crippen molar-refractivity contribution in [3.05, 3.63) is 46.4 Å². The Kier molecular flexibility index (Phi) is 4.04. The highest BCUT2D eigenvalue weighted by molar-refractivity contribution is 5.58. The van der Waals surface area contributed by atoms with Gasteiger partial charge in [0.1, 0.15) is 6.20 Å². The molecule has 8 heteroatoms. The summed E-state index contributed by atoms with van der Waals surface area (Å²) in [6.45, 7) is 0.490. The quantitative estimate of drug-likeness (QED) is 0.651. The molecule has 2 heterocycles. The molecular formula is C12H14N6O2. The molecule has 0 fully saturated rings. The Labute approximate surface area is 115 Å². The fourth-order valence-corrected chi connectivity index (χ4v) is 1.73. The summed E-state index contributed by atoms with van der Waals surface area (Å²) in [6, 6.07) is 3.70. The molecule has 0 saturated carbocycles. The lowest BCUT2D eigenvalue weighted by atomic mass is 10.2. The molecular weight excluding hydrogens is 260 g/mol. The van der Waals surface area contributed by atoms with E-state index in [0.29, 0.717) is 12.5 Å². The number of nitrogens with zero attached hydrogens (tertiary/aromatic N) is 5. The summed E-state index contributed by atoms with van der Waals surface area (Å²) in [6.07, 6.45) is 4.56. The molecule has 0 spiro atoms. The van der Waals surface area contributed by atoms with Gasteiger partial charge in [-0.15, -0.1) is 0 Å². The van der Waals surface area contributed by atoms with Crippen molar-refractivity contribution >= 4 is 17.5 Å². The molecule has 0 aliphatic rings. The van der Waals surface area contributed by atoms with Crippen molar-refractivity contribution in [3.8, 4) is 0 Å². The van der Waals surface area contributed by atoms with Crippen LogP contribution in [0, 0.1) is 10.1 Å². The van der Waals surface area contributed by atoms with Gasteiger partial charge in [-0.2, -0.15) is 4.98 Å². The summed E-state index contributed by atoms with van der Waals surface area (Å²) >= 11 is 0. The van der Waals surface area contributed by atoms with Crippen molar-refractivity contribution in [2.45, 2.75) is 6.54 Å². The maximum absolute atomic E-state index is 11.0. The fourth-order valence-electron chi connectivity index (χ4n) is 1.73. The lowest BCUT2D eigenvalue weighted by Gasteiger charge is -2.18. The Bertz CT molecular complexity index is 604. The smallest absolute Gasteiger partial charge is 0.329 e. The molecule has 0 unspecified atom stereocenters. The first-order chi connectivity index (χ1) is 9.61. The highest BCUT2D eigenvalue weighted by Crippen LogP contribution is 2.26. The maximum Gasteiger partial charge on any atom is 0.329 e. The first kappa shape index (κ1) is 13.7. The monoisotopic (exact) mass is 274 g/mol. The molecule has 0 aromatic carbocycles. The van der Waals surface area contributed by atoms with Crippen LogP contribution in [0.4, 0.5) is 17.5 Å². The van der Waals surface area contributed by atoms with Gasteiger partial charge in [-0.25, -0.2) is 4.98 Å². The second kappa shape index (κ2) is 5.91. The second-order valence-electron chi connectivity index (χ2n) is 4.12. The van der Waals surface area contributed by atoms with Crippen LogP contribution in [0.2, 0.25) is 0 Å². The second-order valence-corrected chi connectivity index (χ2v) is 4.12. The normalized spacial score (nSPS) is 10.1. The van der Waals surface area contributed by atoms with Gasteiger partial charge in [0.15, 0.2) is 0 Å². The van der Waals surface area contributed by atoms with Crippen LogP contribution in [-0.4, -0.2) is 34.0 Å². The standard InChI is InChI=1S/C12H14N6O2/c1-13-12-15-7-10(18(19)20)11(16-12)17(2)8-9-3-5-14-6-4-9/h3-7H,8H2,1-2H3,(H,13,15,16). The number of aromatic nitrogens is 3. The summed E-state index contributed by atoms with van der Waals surface area (Å²) < 4.78 is 0. The van der Waals surface area contributed by atoms with Crippen molar-refractivity contribution in [2.75, 3.05) is 24.3 Å². The van der Waals surface area contributed by atoms with Crippen LogP contribution >= 0.6 is 0 Å². The van der Waals surface area contributed by atoms with Gasteiger partial charge in [-0.05, 0) is 17.7 Å². The molecule has 0 radical (unpaired) electrons. The van der Waals surface area contributed by atoms with E-state index in [4.69, 9.17) is 0 Å². The zero-order chi connectivity index (χ0) is 14.5. The highest BCUT2D eigenvalue weighted by Gasteiger charge is 2.20. The summed E-state index contributed by atoms with van der Waals surface area (Å²) in [5.74, 6) is 0.610. The largest absolute Gasteiger partial charge is 0.357 e. The van der Waals surface area contributed by atoms with Gasteiger partial charge < -0.3 is 10.2 Å². The van der Waals surface area contributed by atoms with Crippen molar-refractivity contribution in [3.63, 3.8) is 0 Å². The van der Waals surface area contributed by atoms with Gasteiger partial charge in [-0.1, -0.05) is 0 Å². The average Bonchev–Trinajstić information content (AvgIpc) is 2.47. The van der Waals surface area contributed by atoms with Crippen LogP contribution in [0.15, 0.2) is 30.7 Å². The molecule has 0 amide bonds. The van der Waals surface area contributed by atoms with E-state index in [1.165, 1.54) is 6.20 Å². The highest BCUT2D eigenvalue weighted by atomic mass is 16.6. The maximum atomic E-state index is 11.0. The van der Waals surface area contributed by atoms with Gasteiger partial charge in [-0.3, -0.25) is 15.1 Å². The Morgan fingerprint density at radius 2 is 2.10 bits per heavy atom. The molecule has 0 aliphatic heterocycles. The van der Waals surface area contributed by atoms with Crippen LogP contribution in [-0.2, 0) is 6.54 Å². The average molecular weight is 274 g/mol. The third-order valence-electron chi connectivity index (χ3n) is 2.70. The van der Waals surface area contributed by atoms with Crippen LogP contribution in [0.25, 0.3) is 0 Å². The first-order valence-corrected chi connectivity index (χ1v) is 5.91. The van der Waals surface area contributed by atoms with Crippen molar-refractivity contribution < 1.29 is 4.92 Å². The van der Waals surface area contributed by atoms with E-state index in [2.05, 4.69) is 20.3 Å². The van der Waals surface area contributed by atoms with E-state index in [-0.39, 0.29) is 11.5 Å². The Balaban J connectivity index is 2.32. The zero-order valence-corrected chi connectivity index (χ0v) is 11.1. The number of nitro groups is 1. The van der Waals surface area contributed by atoms with Gasteiger partial charge in [0.05, 0.1) is 4.92 Å². The Morgan fingerprint density at radius 3 is 2.70 bits per heavy atom. The summed E-state index contributed by atoms with van der Waals surface area (Å²) in [4.78, 5) is 24.2. The minimum Gasteiger partial charge on any atom is -0.357 e. The summed E-state index contributed by atoms with van der Waals surface area (Å²) in [7, 11) is 3.41. The molecule has 2 aromatic heterocycles. The molecule has 0 bridgehead atoms. The first-order valence-electron chi connectivity index (χ1n) is 5.91. The van der Waals surface area contributed by atoms with Crippen molar-refractivity contribution in [1.29, 1.82) is 0 Å². The van der Waals surface area contributed by atoms with Crippen LogP contribution in [0.5, 0.6) is 0 Å². The predicted molar refractivity (Wildman–Crippen MR) is 74.6 cm³/mol. The molecule has 2 aromatic rings. The number of pyridine rings is 1. The van der Waals surface area contributed by atoms with E-state index in [1.54, 1.807) is 31.4 Å². The van der Waals surface area contributed by atoms with E-state index in [1.807, 2.05) is 12.1 Å². The van der Waals surface area contributed by atoms with Gasteiger partial charge in [0.2, 0.25) is 11.8 Å². The minimum atomic E-state index is -0.488. The number of rotatable bonds is 5. The molecule has 0 saturated heterocycles. The topological polar surface area (TPSA) is 97.1 Å². The van der Waals surface area contributed by atoms with Crippen LogP contribution in [0.1, 0.15) is 5.56 Å². The van der Waals surface area contributed by atoms with Gasteiger partial charge >= 0.3 is 5.69 Å². The molecule has 0 atom stereocenters.